The highest BCUT2D eigenvalue weighted by atomic mass is 19.1. The zero-order valence-electron chi connectivity index (χ0n) is 16.1. The molecular weight excluding hydrogens is 367 g/mol. The molecule has 1 aliphatic rings. The number of hydrogen-bond acceptors (Lipinski definition) is 4. The summed E-state index contributed by atoms with van der Waals surface area (Å²) in [7, 11) is 0. The van der Waals surface area contributed by atoms with Crippen LogP contribution in [0.25, 0.3) is 11.3 Å². The molecule has 0 aliphatic heterocycles. The van der Waals surface area contributed by atoms with Crippen LogP contribution in [0.3, 0.4) is 0 Å². The smallest absolute Gasteiger partial charge is 0.251 e. The van der Waals surface area contributed by atoms with E-state index in [9.17, 15) is 9.18 Å². The Balaban J connectivity index is 1.41. The second-order valence-electron chi connectivity index (χ2n) is 7.31. The minimum atomic E-state index is -0.284. The highest BCUT2D eigenvalue weighted by Crippen LogP contribution is 2.22. The third-order valence-corrected chi connectivity index (χ3v) is 5.17. The first kappa shape index (κ1) is 19.1. The van der Waals surface area contributed by atoms with Crippen LogP contribution in [0.1, 0.15) is 42.5 Å². The van der Waals surface area contributed by atoms with E-state index in [0.717, 1.165) is 24.1 Å². The fourth-order valence-electron chi connectivity index (χ4n) is 3.57. The Bertz CT molecular complexity index is 967. The first-order valence-electron chi connectivity index (χ1n) is 9.93. The van der Waals surface area contributed by atoms with Gasteiger partial charge in [0.1, 0.15) is 18.0 Å². The van der Waals surface area contributed by atoms with Crippen LogP contribution in [0.15, 0.2) is 60.9 Å². The van der Waals surface area contributed by atoms with Crippen LogP contribution in [0.5, 0.6) is 0 Å². The predicted octanol–water partition coefficient (Wildman–Crippen LogP) is 5.09. The first-order valence-corrected chi connectivity index (χ1v) is 9.93. The van der Waals surface area contributed by atoms with Crippen molar-refractivity contribution in [3.63, 3.8) is 0 Å². The highest BCUT2D eigenvalue weighted by Gasteiger charge is 2.16. The minimum Gasteiger partial charge on any atom is -0.349 e. The molecule has 0 radical (unpaired) electrons. The van der Waals surface area contributed by atoms with E-state index >= 15 is 0 Å². The van der Waals surface area contributed by atoms with Crippen molar-refractivity contribution in [1.29, 1.82) is 0 Å². The molecule has 1 amide bonds. The number of nitrogens with one attached hydrogen (secondary N) is 2. The topological polar surface area (TPSA) is 66.9 Å². The fourth-order valence-corrected chi connectivity index (χ4v) is 3.57. The summed E-state index contributed by atoms with van der Waals surface area (Å²) >= 11 is 0. The van der Waals surface area contributed by atoms with Gasteiger partial charge < -0.3 is 10.6 Å². The summed E-state index contributed by atoms with van der Waals surface area (Å²) in [5.74, 6) is 0.316. The largest absolute Gasteiger partial charge is 0.349 e. The van der Waals surface area contributed by atoms with Gasteiger partial charge in [0.2, 0.25) is 0 Å². The van der Waals surface area contributed by atoms with Gasteiger partial charge >= 0.3 is 0 Å². The molecule has 1 fully saturated rings. The van der Waals surface area contributed by atoms with Crippen molar-refractivity contribution in [3.05, 3.63) is 72.3 Å². The van der Waals surface area contributed by atoms with Gasteiger partial charge in [-0.05, 0) is 61.4 Å². The fraction of sp³-hybridized carbons (Fsp3) is 0.261. The van der Waals surface area contributed by atoms with Gasteiger partial charge in [-0.1, -0.05) is 19.3 Å². The van der Waals surface area contributed by atoms with Gasteiger partial charge in [-0.25, -0.2) is 14.4 Å². The normalized spacial score (nSPS) is 14.4. The van der Waals surface area contributed by atoms with Crippen LogP contribution >= 0.6 is 0 Å². The molecule has 1 aliphatic carbocycles. The van der Waals surface area contributed by atoms with Gasteiger partial charge in [-0.15, -0.1) is 0 Å². The van der Waals surface area contributed by atoms with Crippen molar-refractivity contribution < 1.29 is 9.18 Å². The number of rotatable bonds is 5. The van der Waals surface area contributed by atoms with E-state index in [2.05, 4.69) is 20.6 Å². The van der Waals surface area contributed by atoms with E-state index in [-0.39, 0.29) is 11.7 Å². The zero-order chi connectivity index (χ0) is 20.1. The maximum Gasteiger partial charge on any atom is 0.251 e. The number of anilines is 2. The van der Waals surface area contributed by atoms with E-state index < -0.39 is 0 Å². The lowest BCUT2D eigenvalue weighted by molar-refractivity contribution is 0.0927. The van der Waals surface area contributed by atoms with Gasteiger partial charge in [0, 0.05) is 28.9 Å². The molecule has 0 spiro atoms. The molecule has 5 nitrogen and oxygen atoms in total. The average Bonchev–Trinajstić information content (AvgIpc) is 2.76. The predicted molar refractivity (Wildman–Crippen MR) is 111 cm³/mol. The number of hydrogen-bond donors (Lipinski definition) is 2. The van der Waals surface area contributed by atoms with E-state index in [0.29, 0.717) is 23.1 Å². The monoisotopic (exact) mass is 390 g/mol. The van der Waals surface area contributed by atoms with Crippen molar-refractivity contribution >= 4 is 17.4 Å². The molecule has 2 aromatic carbocycles. The molecule has 3 aromatic rings. The van der Waals surface area contributed by atoms with Crippen LogP contribution < -0.4 is 10.6 Å². The number of halogens is 1. The minimum absolute atomic E-state index is 0.0240. The Morgan fingerprint density at radius 3 is 2.38 bits per heavy atom. The lowest BCUT2D eigenvalue weighted by Gasteiger charge is -2.22. The Hall–Kier alpha value is -3.28. The van der Waals surface area contributed by atoms with Gasteiger partial charge in [-0.2, -0.15) is 0 Å². The van der Waals surface area contributed by atoms with Crippen molar-refractivity contribution in [3.8, 4) is 11.3 Å². The molecule has 4 rings (SSSR count). The Kier molecular flexibility index (Phi) is 5.79. The van der Waals surface area contributed by atoms with Crippen LogP contribution in [0, 0.1) is 5.82 Å². The van der Waals surface area contributed by atoms with E-state index in [4.69, 9.17) is 0 Å². The molecule has 0 saturated heterocycles. The summed E-state index contributed by atoms with van der Waals surface area (Å²) in [6.07, 6.45) is 7.23. The molecule has 0 atom stereocenters. The molecule has 1 heterocycles. The maximum atomic E-state index is 13.1. The van der Waals surface area contributed by atoms with Gasteiger partial charge in [0.05, 0.1) is 5.69 Å². The maximum absolute atomic E-state index is 13.1. The van der Waals surface area contributed by atoms with E-state index in [1.165, 1.54) is 37.7 Å². The molecule has 1 aromatic heterocycles. The highest BCUT2D eigenvalue weighted by molar-refractivity contribution is 5.94. The first-order chi connectivity index (χ1) is 14.2. The van der Waals surface area contributed by atoms with Crippen molar-refractivity contribution in [1.82, 2.24) is 15.3 Å². The van der Waals surface area contributed by atoms with Crippen LogP contribution in [0.4, 0.5) is 15.9 Å². The SMILES string of the molecule is O=C(NC1CCCCC1)c1ccc(Nc2cc(-c3ccc(F)cc3)ncn2)cc1. The van der Waals surface area contributed by atoms with E-state index in [1.54, 1.807) is 18.2 Å². The summed E-state index contributed by atoms with van der Waals surface area (Å²) in [6.45, 7) is 0. The number of carbonyl (C=O) groups is 1. The van der Waals surface area contributed by atoms with Crippen molar-refractivity contribution in [2.75, 3.05) is 5.32 Å². The number of aromatic nitrogens is 2. The molecule has 6 heteroatoms. The zero-order valence-corrected chi connectivity index (χ0v) is 16.1. The summed E-state index contributed by atoms with van der Waals surface area (Å²) in [5, 5.41) is 6.34. The van der Waals surface area contributed by atoms with Gasteiger partial charge in [-0.3, -0.25) is 4.79 Å². The van der Waals surface area contributed by atoms with Gasteiger partial charge in [0.15, 0.2) is 0 Å². The second-order valence-corrected chi connectivity index (χ2v) is 7.31. The number of amides is 1. The van der Waals surface area contributed by atoms with Crippen LogP contribution in [-0.2, 0) is 0 Å². The molecule has 1 saturated carbocycles. The molecule has 2 N–H and O–H groups in total. The third-order valence-electron chi connectivity index (χ3n) is 5.17. The third kappa shape index (κ3) is 4.96. The molecule has 0 bridgehead atoms. The van der Waals surface area contributed by atoms with Crippen LogP contribution in [-0.4, -0.2) is 21.9 Å². The van der Waals surface area contributed by atoms with Gasteiger partial charge in [0.25, 0.3) is 5.91 Å². The summed E-state index contributed by atoms with van der Waals surface area (Å²) < 4.78 is 13.1. The number of benzene rings is 2. The number of carbonyl (C=O) groups excluding carboxylic acids is 1. The standard InChI is InChI=1S/C23H23FN4O/c24-18-10-6-16(7-11-18)21-14-22(26-15-25-21)27-20-12-8-17(9-13-20)23(29)28-19-4-2-1-3-5-19/h6-15,19H,1-5H2,(H,28,29)(H,25,26,27). The molecule has 29 heavy (non-hydrogen) atoms. The summed E-state index contributed by atoms with van der Waals surface area (Å²) in [4.78, 5) is 20.9. The Labute approximate surface area is 169 Å². The molecule has 148 valence electrons. The summed E-state index contributed by atoms with van der Waals surface area (Å²) in [5.41, 5.74) is 2.98. The Morgan fingerprint density at radius 1 is 0.931 bits per heavy atom. The lowest BCUT2D eigenvalue weighted by atomic mass is 9.95. The molecular formula is C23H23FN4O. The van der Waals surface area contributed by atoms with Crippen molar-refractivity contribution in [2.45, 2.75) is 38.1 Å². The Morgan fingerprint density at radius 2 is 1.66 bits per heavy atom. The molecule has 0 unspecified atom stereocenters. The van der Waals surface area contributed by atoms with Crippen LogP contribution in [0.2, 0.25) is 0 Å². The average molecular weight is 390 g/mol. The van der Waals surface area contributed by atoms with Crippen molar-refractivity contribution in [2.24, 2.45) is 0 Å². The number of nitrogens with zero attached hydrogens (tertiary/aromatic N) is 2. The quantitative estimate of drug-likeness (QED) is 0.637. The van der Waals surface area contributed by atoms with E-state index in [1.807, 2.05) is 24.3 Å². The second kappa shape index (κ2) is 8.82. The summed E-state index contributed by atoms with van der Waals surface area (Å²) in [6, 6.07) is 15.6. The lowest BCUT2D eigenvalue weighted by Crippen LogP contribution is -2.36.